The van der Waals surface area contributed by atoms with Crippen LogP contribution in [0.1, 0.15) is 389 Å². The summed E-state index contributed by atoms with van der Waals surface area (Å²) < 4.78 is 68.6. The van der Waals surface area contributed by atoms with Crippen molar-refractivity contribution in [2.24, 2.45) is 23.7 Å². The van der Waals surface area contributed by atoms with Gasteiger partial charge in [-0.1, -0.05) is 338 Å². The third-order valence-corrected chi connectivity index (χ3v) is 20.4. The van der Waals surface area contributed by atoms with Crippen LogP contribution in [0.25, 0.3) is 0 Å². The van der Waals surface area contributed by atoms with Gasteiger partial charge in [-0.15, -0.1) is 0 Å². The fraction of sp³-hybridized carbons (Fsp3) is 0.948. The predicted molar refractivity (Wildman–Crippen MR) is 391 cm³/mol. The number of esters is 4. The SMILES string of the molecule is CCC(C)CCCCCCCCCCCCC(=O)O[C@H](COC(=O)CCCCCCCCCCCCCC(C)C)COP(=O)(O)OC[C@@H](O)COP(=O)(O)OC[C@@H](COC(=O)CCCCCCCCC(C)CC)OC(=O)CCCCCCCCCCCCCCCCCC(C)C. The number of ether oxygens (including phenoxy) is 4. The maximum atomic E-state index is 13.1. The number of carbonyl (C=O) groups is 4. The van der Waals surface area contributed by atoms with Crippen LogP contribution in [-0.2, 0) is 65.4 Å². The minimum atomic E-state index is -4.96. The lowest BCUT2D eigenvalue weighted by molar-refractivity contribution is -0.161. The molecule has 0 aromatic carbocycles. The van der Waals surface area contributed by atoms with Crippen molar-refractivity contribution in [2.45, 2.75) is 408 Å². The number of aliphatic hydroxyl groups excluding tert-OH is 1. The zero-order valence-corrected chi connectivity index (χ0v) is 64.8. The highest BCUT2D eigenvalue weighted by Crippen LogP contribution is 2.45. The van der Waals surface area contributed by atoms with Crippen LogP contribution in [-0.4, -0.2) is 96.7 Å². The lowest BCUT2D eigenvalue weighted by Gasteiger charge is -2.21. The monoisotopic (exact) mass is 1410 g/mol. The molecule has 0 spiro atoms. The molecule has 0 aromatic heterocycles. The molecule has 0 aliphatic rings. The fourth-order valence-electron chi connectivity index (χ4n) is 11.7. The molecule has 0 amide bonds. The summed E-state index contributed by atoms with van der Waals surface area (Å²) in [5.41, 5.74) is 0. The molecule has 0 saturated carbocycles. The van der Waals surface area contributed by atoms with E-state index in [-0.39, 0.29) is 25.7 Å². The Balaban J connectivity index is 5.25. The van der Waals surface area contributed by atoms with Gasteiger partial charge >= 0.3 is 39.5 Å². The number of rotatable bonds is 74. The molecule has 0 radical (unpaired) electrons. The molecule has 0 fully saturated rings. The van der Waals surface area contributed by atoms with Crippen molar-refractivity contribution in [1.29, 1.82) is 0 Å². The van der Waals surface area contributed by atoms with Crippen molar-refractivity contribution in [3.63, 3.8) is 0 Å². The summed E-state index contributed by atoms with van der Waals surface area (Å²) in [6.45, 7) is 14.2. The molecular weight excluding hydrogens is 1260 g/mol. The maximum absolute atomic E-state index is 13.1. The molecule has 19 heteroatoms. The van der Waals surface area contributed by atoms with Crippen LogP contribution in [0, 0.1) is 23.7 Å². The average Bonchev–Trinajstić information content (AvgIpc) is 2.96. The lowest BCUT2D eigenvalue weighted by atomic mass is 9.99. The van der Waals surface area contributed by atoms with Crippen LogP contribution >= 0.6 is 15.6 Å². The minimum absolute atomic E-state index is 0.106. The van der Waals surface area contributed by atoms with Crippen molar-refractivity contribution in [1.82, 2.24) is 0 Å². The van der Waals surface area contributed by atoms with E-state index in [9.17, 15) is 43.2 Å². The van der Waals surface area contributed by atoms with Gasteiger partial charge in [-0.2, -0.15) is 0 Å². The summed E-state index contributed by atoms with van der Waals surface area (Å²) in [5.74, 6) is 0.987. The van der Waals surface area contributed by atoms with Crippen molar-refractivity contribution in [2.75, 3.05) is 39.6 Å². The Morgan fingerprint density at radius 2 is 0.500 bits per heavy atom. The van der Waals surface area contributed by atoms with Crippen LogP contribution < -0.4 is 0 Å². The average molecular weight is 1410 g/mol. The zero-order valence-electron chi connectivity index (χ0n) is 63.0. The van der Waals surface area contributed by atoms with Gasteiger partial charge in [0.05, 0.1) is 26.4 Å². The van der Waals surface area contributed by atoms with Gasteiger partial charge in [0, 0.05) is 25.7 Å². The highest BCUT2D eigenvalue weighted by Gasteiger charge is 2.30. The number of aliphatic hydroxyl groups is 1. The molecule has 0 saturated heterocycles. The van der Waals surface area contributed by atoms with Crippen molar-refractivity contribution >= 4 is 39.5 Å². The summed E-state index contributed by atoms with van der Waals surface area (Å²) in [4.78, 5) is 72.9. The largest absolute Gasteiger partial charge is 0.472 e. The van der Waals surface area contributed by atoms with Crippen LogP contribution in [0.5, 0.6) is 0 Å². The molecular formula is C77H150O17P2. The Morgan fingerprint density at radius 1 is 0.292 bits per heavy atom. The van der Waals surface area contributed by atoms with E-state index in [4.69, 9.17) is 37.0 Å². The molecule has 0 heterocycles. The number of carbonyl (C=O) groups excluding carboxylic acids is 4. The van der Waals surface area contributed by atoms with Crippen molar-refractivity contribution in [3.8, 4) is 0 Å². The van der Waals surface area contributed by atoms with Gasteiger partial charge in [0.15, 0.2) is 12.2 Å². The Labute approximate surface area is 588 Å². The minimum Gasteiger partial charge on any atom is -0.462 e. The second-order valence-corrected chi connectivity index (χ2v) is 32.1. The van der Waals surface area contributed by atoms with Gasteiger partial charge in [0.25, 0.3) is 0 Å². The molecule has 3 N–H and O–H groups in total. The maximum Gasteiger partial charge on any atom is 0.472 e. The Morgan fingerprint density at radius 3 is 0.740 bits per heavy atom. The number of hydrogen-bond donors (Lipinski definition) is 3. The summed E-state index contributed by atoms with van der Waals surface area (Å²) in [6.07, 6.45) is 51.2. The van der Waals surface area contributed by atoms with Gasteiger partial charge in [-0.25, -0.2) is 9.13 Å². The van der Waals surface area contributed by atoms with Gasteiger partial charge in [0.2, 0.25) is 0 Å². The second kappa shape index (κ2) is 66.3. The molecule has 17 nitrogen and oxygen atoms in total. The molecule has 570 valence electrons. The summed E-state index contributed by atoms with van der Waals surface area (Å²) >= 11 is 0. The number of hydrogen-bond acceptors (Lipinski definition) is 15. The van der Waals surface area contributed by atoms with E-state index in [0.717, 1.165) is 120 Å². The molecule has 96 heavy (non-hydrogen) atoms. The first-order valence-electron chi connectivity index (χ1n) is 39.8. The second-order valence-electron chi connectivity index (χ2n) is 29.2. The van der Waals surface area contributed by atoms with Crippen LogP contribution in [0.2, 0.25) is 0 Å². The van der Waals surface area contributed by atoms with Crippen molar-refractivity contribution < 1.29 is 80.2 Å². The molecule has 0 aliphatic carbocycles. The summed E-state index contributed by atoms with van der Waals surface area (Å²) in [5, 5.41) is 10.6. The molecule has 4 unspecified atom stereocenters. The standard InChI is InChI=1S/C77H150O17P2/c1-9-69(7)55-47-39-31-25-21-22-28-34-44-52-60-77(82)93-72(63-87-74(79)57-49-41-32-26-20-16-18-24-30-38-46-54-68(5)6)65-91-95(83,84)89-61-71(78)62-90-96(85,86)92-66-73(64-88-75(80)58-50-42-36-35-40-48-56-70(8)10-2)94-76(81)59-51-43-33-27-19-15-13-11-12-14-17-23-29-37-45-53-67(3)4/h67-73,78H,9-66H2,1-8H3,(H,83,84)(H,85,86)/t69?,70?,71-,72-,73-/m1/s1. The zero-order chi connectivity index (χ0) is 71.0. The smallest absolute Gasteiger partial charge is 0.462 e. The van der Waals surface area contributed by atoms with Crippen LogP contribution in [0.15, 0.2) is 0 Å². The quantitative estimate of drug-likeness (QED) is 0.0222. The molecule has 0 aliphatic heterocycles. The number of phosphoric acid groups is 2. The van der Waals surface area contributed by atoms with E-state index in [1.165, 1.54) is 186 Å². The van der Waals surface area contributed by atoms with E-state index < -0.39 is 97.5 Å². The molecule has 7 atom stereocenters. The number of unbranched alkanes of at least 4 members (excludes halogenated alkanes) is 38. The summed E-state index contributed by atoms with van der Waals surface area (Å²) in [7, 11) is -9.92. The highest BCUT2D eigenvalue weighted by atomic mass is 31.2. The van der Waals surface area contributed by atoms with Gasteiger partial charge in [0.1, 0.15) is 19.3 Å². The Hall–Kier alpha value is -1.94. The normalized spacial score (nSPS) is 14.7. The molecule has 0 bridgehead atoms. The number of phosphoric ester groups is 2. The third-order valence-electron chi connectivity index (χ3n) is 18.5. The van der Waals surface area contributed by atoms with E-state index >= 15 is 0 Å². The van der Waals surface area contributed by atoms with Gasteiger partial charge < -0.3 is 33.8 Å². The van der Waals surface area contributed by atoms with E-state index in [1.807, 2.05) is 0 Å². The lowest BCUT2D eigenvalue weighted by Crippen LogP contribution is -2.30. The van der Waals surface area contributed by atoms with E-state index in [1.54, 1.807) is 0 Å². The molecule has 0 aromatic rings. The fourth-order valence-corrected chi connectivity index (χ4v) is 13.2. The predicted octanol–water partition coefficient (Wildman–Crippen LogP) is 22.4. The van der Waals surface area contributed by atoms with Crippen LogP contribution in [0.4, 0.5) is 0 Å². The van der Waals surface area contributed by atoms with E-state index in [2.05, 4.69) is 55.4 Å². The first-order valence-corrected chi connectivity index (χ1v) is 42.8. The first-order chi connectivity index (χ1) is 46.2. The van der Waals surface area contributed by atoms with Crippen molar-refractivity contribution in [3.05, 3.63) is 0 Å². The topological polar surface area (TPSA) is 237 Å². The Kier molecular flexibility index (Phi) is 65.0. The van der Waals surface area contributed by atoms with Crippen LogP contribution in [0.3, 0.4) is 0 Å². The first kappa shape index (κ1) is 94.1. The highest BCUT2D eigenvalue weighted by molar-refractivity contribution is 7.47. The van der Waals surface area contributed by atoms with E-state index in [0.29, 0.717) is 25.7 Å². The van der Waals surface area contributed by atoms with Gasteiger partial charge in [-0.3, -0.25) is 37.3 Å². The molecule has 0 rings (SSSR count). The summed E-state index contributed by atoms with van der Waals surface area (Å²) in [6, 6.07) is 0. The van der Waals surface area contributed by atoms with Gasteiger partial charge in [-0.05, 0) is 49.4 Å². The third kappa shape index (κ3) is 67.9. The Bertz CT molecular complexity index is 1890.